The van der Waals surface area contributed by atoms with Crippen molar-refractivity contribution in [3.63, 3.8) is 0 Å². The van der Waals surface area contributed by atoms with Crippen molar-refractivity contribution in [2.24, 2.45) is 0 Å². The minimum atomic E-state index is -0.217. The Bertz CT molecular complexity index is 1360. The smallest absolute Gasteiger partial charge is 0.257 e. The van der Waals surface area contributed by atoms with Crippen LogP contribution in [0.4, 0.5) is 10.9 Å². The SMILES string of the molecule is Nc1nc(-c2ccc(C(=O)Nc3nc4c(s3)COCC4)cc2)cn2c(C3CCC(O)CC3)ncc12. The van der Waals surface area contributed by atoms with E-state index in [2.05, 4.69) is 20.3 Å². The van der Waals surface area contributed by atoms with Crippen LogP contribution in [0.1, 0.15) is 58.4 Å². The van der Waals surface area contributed by atoms with Gasteiger partial charge in [-0.2, -0.15) is 0 Å². The van der Waals surface area contributed by atoms with Crippen molar-refractivity contribution < 1.29 is 14.6 Å². The van der Waals surface area contributed by atoms with Crippen LogP contribution in [-0.4, -0.2) is 43.1 Å². The number of nitrogen functional groups attached to an aromatic ring is 1. The summed E-state index contributed by atoms with van der Waals surface area (Å²) in [5.74, 6) is 1.44. The third-order valence-electron chi connectivity index (χ3n) is 6.80. The average molecular weight is 491 g/mol. The lowest BCUT2D eigenvalue weighted by molar-refractivity contribution is 0.102. The summed E-state index contributed by atoms with van der Waals surface area (Å²) in [7, 11) is 0. The molecular formula is C25H26N6O3S. The third-order valence-corrected chi connectivity index (χ3v) is 7.79. The van der Waals surface area contributed by atoms with Crippen LogP contribution < -0.4 is 11.1 Å². The van der Waals surface area contributed by atoms with Crippen molar-refractivity contribution in [3.8, 4) is 11.3 Å². The fourth-order valence-corrected chi connectivity index (χ4v) is 5.79. The first-order valence-electron chi connectivity index (χ1n) is 11.8. The van der Waals surface area contributed by atoms with Gasteiger partial charge in [-0.05, 0) is 37.8 Å². The lowest BCUT2D eigenvalue weighted by atomic mass is 9.87. The van der Waals surface area contributed by atoms with E-state index >= 15 is 0 Å². The van der Waals surface area contributed by atoms with Crippen molar-refractivity contribution in [2.45, 2.75) is 50.7 Å². The molecule has 0 spiro atoms. The number of nitrogens with two attached hydrogens (primary N) is 1. The molecule has 4 N–H and O–H groups in total. The molecule has 1 fully saturated rings. The van der Waals surface area contributed by atoms with Crippen LogP contribution in [0.15, 0.2) is 36.7 Å². The Morgan fingerprint density at radius 3 is 2.74 bits per heavy atom. The minimum absolute atomic E-state index is 0.206. The Morgan fingerprint density at radius 1 is 1.17 bits per heavy atom. The van der Waals surface area contributed by atoms with Gasteiger partial charge in [0, 0.05) is 29.7 Å². The van der Waals surface area contributed by atoms with Crippen molar-refractivity contribution in [1.82, 2.24) is 19.4 Å². The van der Waals surface area contributed by atoms with Crippen molar-refractivity contribution >= 4 is 33.7 Å². The maximum Gasteiger partial charge on any atom is 0.257 e. The van der Waals surface area contributed by atoms with Crippen LogP contribution in [0.25, 0.3) is 16.8 Å². The van der Waals surface area contributed by atoms with E-state index in [1.165, 1.54) is 11.3 Å². The third kappa shape index (κ3) is 4.29. The number of imidazole rings is 1. The summed E-state index contributed by atoms with van der Waals surface area (Å²) >= 11 is 1.46. The Hall–Kier alpha value is -3.34. The molecule has 1 aromatic carbocycles. The summed E-state index contributed by atoms with van der Waals surface area (Å²) in [4.78, 5) is 27.6. The van der Waals surface area contributed by atoms with E-state index < -0.39 is 0 Å². The molecule has 0 saturated heterocycles. The molecule has 4 heterocycles. The molecular weight excluding hydrogens is 464 g/mol. The highest BCUT2D eigenvalue weighted by atomic mass is 32.1. The number of hydrogen-bond acceptors (Lipinski definition) is 8. The molecule has 4 aromatic rings. The van der Waals surface area contributed by atoms with Crippen LogP contribution in [0.3, 0.4) is 0 Å². The first-order chi connectivity index (χ1) is 17.0. The van der Waals surface area contributed by atoms with Gasteiger partial charge in [0.25, 0.3) is 5.91 Å². The number of fused-ring (bicyclic) bond motifs is 2. The largest absolute Gasteiger partial charge is 0.393 e. The molecule has 0 unspecified atom stereocenters. The first kappa shape index (κ1) is 22.1. The molecule has 1 aliphatic carbocycles. The summed E-state index contributed by atoms with van der Waals surface area (Å²) in [5.41, 5.74) is 10.2. The van der Waals surface area contributed by atoms with E-state index in [9.17, 15) is 9.90 Å². The molecule has 9 nitrogen and oxygen atoms in total. The molecule has 6 rings (SSSR count). The molecule has 180 valence electrons. The van der Waals surface area contributed by atoms with Crippen LogP contribution in [0, 0.1) is 0 Å². The van der Waals surface area contributed by atoms with E-state index in [1.54, 1.807) is 18.3 Å². The summed E-state index contributed by atoms with van der Waals surface area (Å²) in [6.45, 7) is 1.22. The molecule has 3 aromatic heterocycles. The highest BCUT2D eigenvalue weighted by molar-refractivity contribution is 7.15. The van der Waals surface area contributed by atoms with E-state index in [4.69, 9.17) is 10.5 Å². The quantitative estimate of drug-likeness (QED) is 0.397. The second kappa shape index (κ2) is 9.03. The number of benzene rings is 1. The summed E-state index contributed by atoms with van der Waals surface area (Å²) in [6.07, 6.45) is 7.65. The second-order valence-corrected chi connectivity index (χ2v) is 10.2. The normalized spacial score (nSPS) is 20.0. The van der Waals surface area contributed by atoms with Gasteiger partial charge < -0.3 is 15.6 Å². The van der Waals surface area contributed by atoms with Crippen LogP contribution in [-0.2, 0) is 17.8 Å². The second-order valence-electron chi connectivity index (χ2n) is 9.11. The lowest BCUT2D eigenvalue weighted by Gasteiger charge is -2.24. The van der Waals surface area contributed by atoms with E-state index in [0.29, 0.717) is 35.4 Å². The van der Waals surface area contributed by atoms with Gasteiger partial charge in [-0.1, -0.05) is 23.5 Å². The Balaban J connectivity index is 1.23. The van der Waals surface area contributed by atoms with Gasteiger partial charge in [0.2, 0.25) is 0 Å². The van der Waals surface area contributed by atoms with Crippen molar-refractivity contribution in [1.29, 1.82) is 0 Å². The fourth-order valence-electron chi connectivity index (χ4n) is 4.85. The number of nitrogens with zero attached hydrogens (tertiary/aromatic N) is 4. The number of aliphatic hydroxyl groups is 1. The number of hydrogen-bond donors (Lipinski definition) is 3. The number of carbonyl (C=O) groups excluding carboxylic acids is 1. The predicted octanol–water partition coefficient (Wildman–Crippen LogP) is 3.78. The molecule has 0 atom stereocenters. The van der Waals surface area contributed by atoms with Crippen LogP contribution in [0.2, 0.25) is 0 Å². The van der Waals surface area contributed by atoms with Crippen molar-refractivity contribution in [3.05, 3.63) is 58.6 Å². The van der Waals surface area contributed by atoms with Gasteiger partial charge in [-0.15, -0.1) is 0 Å². The number of anilines is 2. The molecule has 0 bridgehead atoms. The number of amides is 1. The summed E-state index contributed by atoms with van der Waals surface area (Å²) < 4.78 is 7.48. The van der Waals surface area contributed by atoms with Gasteiger partial charge in [0.05, 0.1) is 41.8 Å². The molecule has 0 radical (unpaired) electrons. The maximum atomic E-state index is 12.8. The van der Waals surface area contributed by atoms with Crippen LogP contribution in [0.5, 0.6) is 0 Å². The monoisotopic (exact) mass is 490 g/mol. The van der Waals surface area contributed by atoms with Crippen molar-refractivity contribution in [2.75, 3.05) is 17.7 Å². The van der Waals surface area contributed by atoms with E-state index in [0.717, 1.165) is 59.6 Å². The minimum Gasteiger partial charge on any atom is -0.393 e. The highest BCUT2D eigenvalue weighted by Crippen LogP contribution is 2.34. The van der Waals surface area contributed by atoms with E-state index in [1.807, 2.05) is 22.7 Å². The number of rotatable bonds is 4. The van der Waals surface area contributed by atoms with Crippen LogP contribution >= 0.6 is 11.3 Å². The van der Waals surface area contributed by atoms with Gasteiger partial charge in [-0.25, -0.2) is 15.0 Å². The number of carbonyl (C=O) groups is 1. The number of nitrogens with one attached hydrogen (secondary N) is 1. The van der Waals surface area contributed by atoms with E-state index in [-0.39, 0.29) is 17.9 Å². The number of thiazole rings is 1. The summed E-state index contributed by atoms with van der Waals surface area (Å²) in [6, 6.07) is 7.30. The zero-order valence-electron chi connectivity index (χ0n) is 19.1. The maximum absolute atomic E-state index is 12.8. The van der Waals surface area contributed by atoms with Gasteiger partial charge >= 0.3 is 0 Å². The molecule has 2 aliphatic rings. The topological polar surface area (TPSA) is 128 Å². The van der Waals surface area contributed by atoms with Gasteiger partial charge in [-0.3, -0.25) is 14.5 Å². The molecule has 10 heteroatoms. The van der Waals surface area contributed by atoms with Gasteiger partial charge in [0.1, 0.15) is 17.2 Å². The zero-order chi connectivity index (χ0) is 23.9. The fraction of sp³-hybridized carbons (Fsp3) is 0.360. The number of aromatic nitrogens is 4. The Kier molecular flexibility index (Phi) is 5.71. The molecule has 1 amide bonds. The molecule has 35 heavy (non-hydrogen) atoms. The first-order valence-corrected chi connectivity index (χ1v) is 12.7. The number of aliphatic hydroxyl groups excluding tert-OH is 1. The lowest BCUT2D eigenvalue weighted by Crippen LogP contribution is -2.18. The summed E-state index contributed by atoms with van der Waals surface area (Å²) in [5, 5.41) is 13.4. The molecule has 1 aliphatic heterocycles. The van der Waals surface area contributed by atoms with Gasteiger partial charge in [0.15, 0.2) is 5.13 Å². The standard InChI is InChI=1S/C25H26N6O3S/c26-22-20-11-27-23(15-5-7-17(32)8-6-15)31(20)12-19(28-22)14-1-3-16(4-2-14)24(33)30-25-29-18-9-10-34-13-21(18)35-25/h1-4,11-12,15,17,32H,5-10,13H2,(H2,26,28)(H,29,30,33). The Labute approximate surface area is 206 Å². The highest BCUT2D eigenvalue weighted by Gasteiger charge is 2.25. The Morgan fingerprint density at radius 2 is 1.97 bits per heavy atom. The average Bonchev–Trinajstić information content (AvgIpc) is 3.48. The number of ether oxygens (including phenoxy) is 1. The molecule has 1 saturated carbocycles. The predicted molar refractivity (Wildman–Crippen MR) is 133 cm³/mol. The zero-order valence-corrected chi connectivity index (χ0v) is 19.9.